The third kappa shape index (κ3) is 27.6. The molecule has 3 unspecified atom stereocenters. The Morgan fingerprint density at radius 1 is 0.432 bits per heavy atom. The molecule has 0 aliphatic carbocycles. The predicted octanol–water partition coefficient (Wildman–Crippen LogP) is 1.39. The Hall–Kier alpha value is -4.90. The van der Waals surface area contributed by atoms with Crippen LogP contribution in [0.15, 0.2) is 0 Å². The quantitative estimate of drug-likeness (QED) is 0.0400. The summed E-state index contributed by atoms with van der Waals surface area (Å²) < 4.78 is 16.0. The van der Waals surface area contributed by atoms with E-state index >= 15 is 0 Å². The summed E-state index contributed by atoms with van der Waals surface area (Å²) in [5.41, 5.74) is 0. The monoisotopic (exact) mass is 1050 g/mol. The summed E-state index contributed by atoms with van der Waals surface area (Å²) in [4.78, 5) is 122. The predicted molar refractivity (Wildman–Crippen MR) is 278 cm³/mol. The Labute approximate surface area is 440 Å². The van der Waals surface area contributed by atoms with Crippen molar-refractivity contribution in [2.24, 2.45) is 41.4 Å². The first kappa shape index (κ1) is 67.1. The topological polar surface area (TPSA) is 280 Å². The summed E-state index contributed by atoms with van der Waals surface area (Å²) in [6, 6.07) is 0.860. The minimum Gasteiger partial charge on any atom is -0.378 e. The maximum atomic E-state index is 12.1. The van der Waals surface area contributed by atoms with Crippen LogP contribution in [0.5, 0.6) is 0 Å². The van der Waals surface area contributed by atoms with Gasteiger partial charge in [-0.2, -0.15) is 0 Å². The largest absolute Gasteiger partial charge is 0.378 e. The molecule has 0 bridgehead atoms. The van der Waals surface area contributed by atoms with Gasteiger partial charge in [-0.1, -0.05) is 83.1 Å². The van der Waals surface area contributed by atoms with Crippen molar-refractivity contribution in [3.63, 3.8) is 0 Å². The van der Waals surface area contributed by atoms with Crippen LogP contribution >= 0.6 is 0 Å². The molecule has 0 radical (unpaired) electrons. The summed E-state index contributed by atoms with van der Waals surface area (Å²) in [6.07, 6.45) is 1.09. The number of amides is 10. The lowest BCUT2D eigenvalue weighted by Gasteiger charge is -2.16. The van der Waals surface area contributed by atoms with Gasteiger partial charge in [-0.25, -0.2) is 0 Å². The highest BCUT2D eigenvalue weighted by Crippen LogP contribution is 2.28. The highest BCUT2D eigenvalue weighted by molar-refractivity contribution is 6.05. The molecular formula is C52H93N9O13. The van der Waals surface area contributed by atoms with Gasteiger partial charge in [0.15, 0.2) is 0 Å². The molecule has 22 nitrogen and oxygen atoms in total. The minimum atomic E-state index is -0.277. The normalized spacial score (nSPS) is 17.8. The van der Waals surface area contributed by atoms with Crippen LogP contribution in [0.25, 0.3) is 0 Å². The highest BCUT2D eigenvalue weighted by atomic mass is 16.5. The van der Waals surface area contributed by atoms with Gasteiger partial charge in [-0.3, -0.25) is 62.6 Å². The zero-order chi connectivity index (χ0) is 55.9. The molecule has 0 spiro atoms. The van der Waals surface area contributed by atoms with Gasteiger partial charge in [-0.15, -0.1) is 0 Å². The number of likely N-dealkylation sites (tertiary alicyclic amines) is 3. The number of ether oxygens (including phenoxy) is 3. The first-order valence-electron chi connectivity index (χ1n) is 26.7. The Morgan fingerprint density at radius 2 is 0.730 bits per heavy atom. The second-order valence-corrected chi connectivity index (χ2v) is 20.8. The van der Waals surface area contributed by atoms with Crippen molar-refractivity contribution in [3.05, 3.63) is 0 Å². The molecule has 424 valence electrons. The van der Waals surface area contributed by atoms with Crippen LogP contribution in [-0.2, 0) is 62.2 Å². The summed E-state index contributed by atoms with van der Waals surface area (Å²) in [5, 5.41) is 17.3. The number of carbonyl (C=O) groups is 10. The number of imide groups is 3. The van der Waals surface area contributed by atoms with Crippen LogP contribution in [0.2, 0.25) is 0 Å². The summed E-state index contributed by atoms with van der Waals surface area (Å²) in [5.74, 6) is -1.82. The van der Waals surface area contributed by atoms with Gasteiger partial charge >= 0.3 is 0 Å². The number of carbonyl (C=O) groups excluding carboxylic acids is 10. The molecule has 3 heterocycles. The summed E-state index contributed by atoms with van der Waals surface area (Å²) in [6.45, 7) is 29.8. The van der Waals surface area contributed by atoms with E-state index < -0.39 is 0 Å². The highest BCUT2D eigenvalue weighted by Gasteiger charge is 2.42. The maximum absolute atomic E-state index is 12.1. The molecule has 3 atom stereocenters. The molecule has 0 saturated carbocycles. The molecule has 6 N–H and O–H groups in total. The van der Waals surface area contributed by atoms with Crippen molar-refractivity contribution in [1.29, 1.82) is 0 Å². The van der Waals surface area contributed by atoms with Gasteiger partial charge in [0.25, 0.3) is 0 Å². The first-order valence-corrected chi connectivity index (χ1v) is 26.7. The third-order valence-electron chi connectivity index (χ3n) is 12.2. The lowest BCUT2D eigenvalue weighted by molar-refractivity contribution is -0.142. The Balaban J connectivity index is 0.000000556. The number of nitrogens with zero attached hydrogens (tertiary/aromatic N) is 3. The Bertz CT molecular complexity index is 1710. The minimum absolute atomic E-state index is 0.0457. The van der Waals surface area contributed by atoms with Crippen LogP contribution in [0, 0.1) is 41.4 Å². The standard InChI is InChI=1S/C18H31N3O5.2C17H31N3O4/c1-12(2)10-20-16(23)11-26-8-6-19-15(22)5-7-21-17(24)9-14(13(3)4)18(21)25;2*1-12(2)14-11-16(22)20(17(14)23)8-5-15(21)19-7-10-24-9-6-18-13(3)4/h12-14H,5-11H2,1-4H3,(H,19,22)(H,20,23);2*12-14,18H,5-11H2,1-4H3,(H,19,21). The SMILES string of the molecule is CC(C)CNC(=O)COCCNC(=O)CCN1C(=O)CC(C(C)C)C1=O.CC(C)NCCOCCNC(=O)CCN1C(=O)CC(C(C)C)C1=O.CC(C)NCCOCCNC(=O)CCN1C(=O)CC(C(C)C)C1=O. The average Bonchev–Trinajstić information content (AvgIpc) is 3.90. The van der Waals surface area contributed by atoms with Gasteiger partial charge in [0.2, 0.25) is 59.1 Å². The van der Waals surface area contributed by atoms with Gasteiger partial charge < -0.3 is 46.1 Å². The second-order valence-electron chi connectivity index (χ2n) is 20.8. The van der Waals surface area contributed by atoms with E-state index in [9.17, 15) is 47.9 Å². The second kappa shape index (κ2) is 36.9. The molecule has 0 aromatic heterocycles. The lowest BCUT2D eigenvalue weighted by Crippen LogP contribution is -2.36. The maximum Gasteiger partial charge on any atom is 0.246 e. The molecule has 74 heavy (non-hydrogen) atoms. The van der Waals surface area contributed by atoms with Crippen molar-refractivity contribution < 1.29 is 62.2 Å². The number of hydrogen-bond donors (Lipinski definition) is 6. The molecule has 0 aromatic carbocycles. The van der Waals surface area contributed by atoms with E-state index in [0.29, 0.717) is 64.1 Å². The van der Waals surface area contributed by atoms with E-state index in [1.54, 1.807) is 0 Å². The molecule has 3 aliphatic heterocycles. The van der Waals surface area contributed by atoms with Crippen molar-refractivity contribution in [3.8, 4) is 0 Å². The van der Waals surface area contributed by atoms with Crippen LogP contribution in [0.1, 0.15) is 122 Å². The molecule has 3 rings (SSSR count). The van der Waals surface area contributed by atoms with E-state index in [-0.39, 0.29) is 172 Å². The average molecular weight is 1050 g/mol. The summed E-state index contributed by atoms with van der Waals surface area (Å²) >= 11 is 0. The number of rotatable bonds is 33. The molecule has 3 saturated heterocycles. The smallest absolute Gasteiger partial charge is 0.246 e. The van der Waals surface area contributed by atoms with Crippen LogP contribution < -0.4 is 31.9 Å². The van der Waals surface area contributed by atoms with Gasteiger partial charge in [-0.05, 0) is 23.7 Å². The zero-order valence-corrected chi connectivity index (χ0v) is 46.7. The van der Waals surface area contributed by atoms with Gasteiger partial charge in [0.05, 0.1) is 33.0 Å². The van der Waals surface area contributed by atoms with Crippen LogP contribution in [0.3, 0.4) is 0 Å². The van der Waals surface area contributed by atoms with E-state index in [4.69, 9.17) is 14.2 Å². The lowest BCUT2D eigenvalue weighted by atomic mass is 9.94. The molecule has 3 fully saturated rings. The zero-order valence-electron chi connectivity index (χ0n) is 46.7. The Kier molecular flexibility index (Phi) is 33.5. The Morgan fingerprint density at radius 3 is 1.00 bits per heavy atom. The molecule has 10 amide bonds. The first-order chi connectivity index (χ1) is 34.9. The van der Waals surface area contributed by atoms with E-state index in [2.05, 4.69) is 59.6 Å². The number of hydrogen-bond acceptors (Lipinski definition) is 15. The van der Waals surface area contributed by atoms with Gasteiger partial charge in [0.1, 0.15) is 6.61 Å². The number of nitrogens with one attached hydrogen (secondary N) is 6. The fraction of sp³-hybridized carbons (Fsp3) is 0.808. The molecule has 0 aromatic rings. The molecule has 22 heteroatoms. The molecule has 3 aliphatic rings. The fourth-order valence-electron chi connectivity index (χ4n) is 7.66. The van der Waals surface area contributed by atoms with Crippen LogP contribution in [-0.4, -0.2) is 184 Å². The van der Waals surface area contributed by atoms with Gasteiger partial charge in [0, 0.05) is 127 Å². The fourth-order valence-corrected chi connectivity index (χ4v) is 7.66. The molecular weight excluding hydrogens is 959 g/mol. The van der Waals surface area contributed by atoms with E-state index in [1.165, 1.54) is 14.7 Å². The van der Waals surface area contributed by atoms with E-state index in [1.807, 2.05) is 55.4 Å². The van der Waals surface area contributed by atoms with Crippen molar-refractivity contribution in [1.82, 2.24) is 46.6 Å². The van der Waals surface area contributed by atoms with E-state index in [0.717, 1.165) is 13.1 Å². The van der Waals surface area contributed by atoms with Crippen molar-refractivity contribution in [2.45, 2.75) is 134 Å². The summed E-state index contributed by atoms with van der Waals surface area (Å²) in [7, 11) is 0. The van der Waals surface area contributed by atoms with Crippen molar-refractivity contribution >= 4 is 59.1 Å². The third-order valence-corrected chi connectivity index (χ3v) is 12.2. The van der Waals surface area contributed by atoms with Crippen LogP contribution in [0.4, 0.5) is 0 Å². The van der Waals surface area contributed by atoms with Crippen molar-refractivity contribution in [2.75, 3.05) is 98.5 Å².